The lowest BCUT2D eigenvalue weighted by Crippen LogP contribution is -2.17. The van der Waals surface area contributed by atoms with Crippen LogP contribution in [0.4, 0.5) is 5.95 Å². The second-order valence-electron chi connectivity index (χ2n) is 3.29. The second kappa shape index (κ2) is 4.07. The Morgan fingerprint density at radius 2 is 2.38 bits per heavy atom. The van der Waals surface area contributed by atoms with E-state index in [0.29, 0.717) is 11.9 Å². The van der Waals surface area contributed by atoms with E-state index >= 15 is 0 Å². The Kier molecular flexibility index (Phi) is 3.06. The zero-order chi connectivity index (χ0) is 9.84. The molecular formula is C9H15N3O. The average Bonchev–Trinajstić information content (AvgIpc) is 2.09. The monoisotopic (exact) mass is 181 g/mol. The topological polar surface area (TPSA) is 60.9 Å². The Morgan fingerprint density at radius 1 is 1.69 bits per heavy atom. The van der Waals surface area contributed by atoms with Crippen molar-refractivity contribution in [2.24, 2.45) is 5.92 Å². The van der Waals surface area contributed by atoms with Gasteiger partial charge in [0.05, 0.1) is 0 Å². The van der Waals surface area contributed by atoms with Crippen molar-refractivity contribution >= 4 is 5.95 Å². The molecule has 0 aliphatic heterocycles. The first-order valence-corrected chi connectivity index (χ1v) is 4.46. The van der Waals surface area contributed by atoms with Crippen LogP contribution in [0.15, 0.2) is 17.1 Å². The van der Waals surface area contributed by atoms with Gasteiger partial charge in [0, 0.05) is 18.8 Å². The summed E-state index contributed by atoms with van der Waals surface area (Å²) in [6.45, 7) is 5.07. The maximum absolute atomic E-state index is 10.8. The molecule has 13 heavy (non-hydrogen) atoms. The van der Waals surface area contributed by atoms with E-state index in [-0.39, 0.29) is 5.56 Å². The molecule has 1 aromatic heterocycles. The Hall–Kier alpha value is -1.32. The molecule has 0 aliphatic rings. The number of nitrogen functional groups attached to an aromatic ring is 1. The third-order valence-electron chi connectivity index (χ3n) is 2.12. The molecular weight excluding hydrogens is 166 g/mol. The zero-order valence-electron chi connectivity index (χ0n) is 8.03. The average molecular weight is 181 g/mol. The lowest BCUT2D eigenvalue weighted by molar-refractivity contribution is 0.467. The number of hydrogen-bond donors (Lipinski definition) is 1. The summed E-state index contributed by atoms with van der Waals surface area (Å²) in [5.41, 5.74) is 5.30. The normalized spacial score (nSPS) is 12.8. The Labute approximate surface area is 77.4 Å². The van der Waals surface area contributed by atoms with Crippen LogP contribution in [0.3, 0.4) is 0 Å². The molecule has 0 bridgehead atoms. The number of hydrogen-bond acceptors (Lipinski definition) is 3. The highest BCUT2D eigenvalue weighted by molar-refractivity contribution is 5.15. The number of nitrogens with two attached hydrogens (primary N) is 1. The fourth-order valence-electron chi connectivity index (χ4n) is 1.06. The zero-order valence-corrected chi connectivity index (χ0v) is 8.03. The predicted molar refractivity (Wildman–Crippen MR) is 52.4 cm³/mol. The van der Waals surface area contributed by atoms with E-state index in [1.807, 2.05) is 0 Å². The number of rotatable bonds is 3. The fourth-order valence-corrected chi connectivity index (χ4v) is 1.06. The van der Waals surface area contributed by atoms with Gasteiger partial charge in [-0.25, -0.2) is 0 Å². The second-order valence-corrected chi connectivity index (χ2v) is 3.29. The molecule has 0 saturated carbocycles. The molecule has 1 aromatic rings. The Bertz CT molecular complexity index is 332. The molecule has 1 heterocycles. The Morgan fingerprint density at radius 3 is 2.92 bits per heavy atom. The van der Waals surface area contributed by atoms with Crippen LogP contribution in [0.2, 0.25) is 0 Å². The highest BCUT2D eigenvalue weighted by atomic mass is 16.1. The number of anilines is 1. The molecule has 0 aliphatic carbocycles. The van der Waals surface area contributed by atoms with E-state index in [4.69, 9.17) is 5.73 Å². The van der Waals surface area contributed by atoms with Crippen molar-refractivity contribution in [3.63, 3.8) is 0 Å². The van der Waals surface area contributed by atoms with E-state index in [2.05, 4.69) is 18.8 Å². The molecule has 0 spiro atoms. The standard InChI is InChI=1S/C9H15N3O/c1-3-7(2)6-12-5-4-8(13)11-9(12)10/h4-5,7H,3,6H2,1-2H3,(H2,10,11,13)/t7-/m0/s1. The maximum Gasteiger partial charge on any atom is 0.274 e. The van der Waals surface area contributed by atoms with Gasteiger partial charge in [-0.15, -0.1) is 0 Å². The van der Waals surface area contributed by atoms with Gasteiger partial charge in [0.25, 0.3) is 5.56 Å². The van der Waals surface area contributed by atoms with Gasteiger partial charge in [-0.05, 0) is 5.92 Å². The van der Waals surface area contributed by atoms with Crippen molar-refractivity contribution < 1.29 is 0 Å². The summed E-state index contributed by atoms with van der Waals surface area (Å²) in [5, 5.41) is 0. The minimum atomic E-state index is -0.280. The van der Waals surface area contributed by atoms with Crippen LogP contribution in [-0.2, 0) is 6.54 Å². The quantitative estimate of drug-likeness (QED) is 0.752. The summed E-state index contributed by atoms with van der Waals surface area (Å²) in [4.78, 5) is 14.4. The molecule has 0 radical (unpaired) electrons. The minimum absolute atomic E-state index is 0.280. The lowest BCUT2D eigenvalue weighted by Gasteiger charge is -2.12. The maximum atomic E-state index is 10.8. The first-order valence-electron chi connectivity index (χ1n) is 4.46. The van der Waals surface area contributed by atoms with Gasteiger partial charge in [-0.2, -0.15) is 4.98 Å². The fraction of sp³-hybridized carbons (Fsp3) is 0.556. The molecule has 0 unspecified atom stereocenters. The van der Waals surface area contributed by atoms with Crippen LogP contribution in [0, 0.1) is 5.92 Å². The van der Waals surface area contributed by atoms with Gasteiger partial charge < -0.3 is 10.3 Å². The van der Waals surface area contributed by atoms with E-state index in [1.54, 1.807) is 10.8 Å². The van der Waals surface area contributed by atoms with Crippen molar-refractivity contribution in [1.29, 1.82) is 0 Å². The van der Waals surface area contributed by atoms with Crippen LogP contribution in [0.25, 0.3) is 0 Å². The van der Waals surface area contributed by atoms with Crippen LogP contribution in [0.1, 0.15) is 20.3 Å². The van der Waals surface area contributed by atoms with Gasteiger partial charge in [0.1, 0.15) is 0 Å². The van der Waals surface area contributed by atoms with Crippen molar-refractivity contribution in [2.75, 3.05) is 5.73 Å². The van der Waals surface area contributed by atoms with Crippen molar-refractivity contribution in [3.8, 4) is 0 Å². The molecule has 0 amide bonds. The van der Waals surface area contributed by atoms with Gasteiger partial charge in [0.2, 0.25) is 5.95 Å². The van der Waals surface area contributed by atoms with E-state index in [1.165, 1.54) is 6.07 Å². The van der Waals surface area contributed by atoms with Crippen LogP contribution in [0.5, 0.6) is 0 Å². The van der Waals surface area contributed by atoms with Crippen LogP contribution in [-0.4, -0.2) is 9.55 Å². The summed E-state index contributed by atoms with van der Waals surface area (Å²) in [7, 11) is 0. The van der Waals surface area contributed by atoms with Gasteiger partial charge in [-0.3, -0.25) is 4.79 Å². The van der Waals surface area contributed by atoms with Gasteiger partial charge in [0.15, 0.2) is 0 Å². The summed E-state index contributed by atoms with van der Waals surface area (Å²) in [5.74, 6) is 0.847. The summed E-state index contributed by atoms with van der Waals surface area (Å²) >= 11 is 0. The molecule has 1 atom stereocenters. The summed E-state index contributed by atoms with van der Waals surface area (Å²) in [6.07, 6.45) is 2.78. The van der Waals surface area contributed by atoms with E-state index in [0.717, 1.165) is 13.0 Å². The molecule has 0 fully saturated rings. The molecule has 0 saturated heterocycles. The largest absolute Gasteiger partial charge is 0.369 e. The first-order chi connectivity index (χ1) is 6.13. The van der Waals surface area contributed by atoms with Gasteiger partial charge in [-0.1, -0.05) is 20.3 Å². The van der Waals surface area contributed by atoms with E-state index < -0.39 is 0 Å². The molecule has 4 nitrogen and oxygen atoms in total. The van der Waals surface area contributed by atoms with Crippen molar-refractivity contribution in [3.05, 3.63) is 22.6 Å². The molecule has 1 rings (SSSR count). The summed E-state index contributed by atoms with van der Waals surface area (Å²) < 4.78 is 1.80. The van der Waals surface area contributed by atoms with Crippen molar-refractivity contribution in [2.45, 2.75) is 26.8 Å². The molecule has 4 heteroatoms. The minimum Gasteiger partial charge on any atom is -0.369 e. The van der Waals surface area contributed by atoms with E-state index in [9.17, 15) is 4.79 Å². The third kappa shape index (κ3) is 2.57. The SMILES string of the molecule is CC[C@H](C)Cn1ccc(=O)nc1N. The number of aromatic nitrogens is 2. The molecule has 72 valence electrons. The number of nitrogens with zero attached hydrogens (tertiary/aromatic N) is 2. The lowest BCUT2D eigenvalue weighted by atomic mass is 10.1. The predicted octanol–water partition coefficient (Wildman–Crippen LogP) is 0.872. The Balaban J connectivity index is 2.83. The summed E-state index contributed by atoms with van der Waals surface area (Å²) in [6, 6.07) is 1.43. The first kappa shape index (κ1) is 9.77. The smallest absolute Gasteiger partial charge is 0.274 e. The van der Waals surface area contributed by atoms with Crippen LogP contribution < -0.4 is 11.3 Å². The highest BCUT2D eigenvalue weighted by Crippen LogP contribution is 2.06. The third-order valence-corrected chi connectivity index (χ3v) is 2.12. The van der Waals surface area contributed by atoms with Gasteiger partial charge >= 0.3 is 0 Å². The van der Waals surface area contributed by atoms with Crippen LogP contribution >= 0.6 is 0 Å². The molecule has 0 aromatic carbocycles. The van der Waals surface area contributed by atoms with Crippen molar-refractivity contribution in [1.82, 2.24) is 9.55 Å². The molecule has 2 N–H and O–H groups in total. The highest BCUT2D eigenvalue weighted by Gasteiger charge is 2.02.